The van der Waals surface area contributed by atoms with E-state index in [1.807, 2.05) is 29.3 Å². The van der Waals surface area contributed by atoms with Gasteiger partial charge in [-0.1, -0.05) is 24.3 Å². The number of nitrogens with one attached hydrogen (secondary N) is 1. The standard InChI is InChI=1S/C28H29N5O/c34-28(22-6-4-13-29-19-22)33-23(11-10-21-5-1-2-8-26(21)33)20-31-15-17-32(18-16-31)27-9-3-7-25-24(27)12-14-30-25/h1-9,12-14,19,23,30H,10-11,15-18,20H2. The van der Waals surface area contributed by atoms with Crippen molar-refractivity contribution in [2.45, 2.75) is 18.9 Å². The van der Waals surface area contributed by atoms with E-state index in [9.17, 15) is 4.79 Å². The Labute approximate surface area is 199 Å². The predicted molar refractivity (Wildman–Crippen MR) is 137 cm³/mol. The Hall–Kier alpha value is -3.64. The molecule has 4 heterocycles. The van der Waals surface area contributed by atoms with Gasteiger partial charge in [-0.05, 0) is 54.8 Å². The molecule has 2 aromatic carbocycles. The number of rotatable bonds is 4. The van der Waals surface area contributed by atoms with Crippen molar-refractivity contribution >= 4 is 28.2 Å². The van der Waals surface area contributed by atoms with Gasteiger partial charge in [-0.15, -0.1) is 0 Å². The van der Waals surface area contributed by atoms with E-state index < -0.39 is 0 Å². The van der Waals surface area contributed by atoms with Gasteiger partial charge in [-0.25, -0.2) is 0 Å². The van der Waals surface area contributed by atoms with E-state index in [0.29, 0.717) is 5.56 Å². The fraction of sp³-hybridized carbons (Fsp3) is 0.286. The molecule has 34 heavy (non-hydrogen) atoms. The van der Waals surface area contributed by atoms with E-state index in [-0.39, 0.29) is 11.9 Å². The maximum atomic E-state index is 13.6. The van der Waals surface area contributed by atoms with E-state index in [1.165, 1.54) is 22.2 Å². The second-order valence-electron chi connectivity index (χ2n) is 9.24. The number of anilines is 2. The number of fused-ring (bicyclic) bond motifs is 2. The Balaban J connectivity index is 1.20. The number of carbonyl (C=O) groups excluding carboxylic acids is 1. The molecule has 2 aromatic heterocycles. The van der Waals surface area contributed by atoms with Crippen molar-refractivity contribution in [1.82, 2.24) is 14.9 Å². The van der Waals surface area contributed by atoms with Gasteiger partial charge >= 0.3 is 0 Å². The van der Waals surface area contributed by atoms with E-state index in [4.69, 9.17) is 0 Å². The number of nitrogens with zero attached hydrogens (tertiary/aromatic N) is 4. The molecule has 2 aliphatic heterocycles. The van der Waals surface area contributed by atoms with Crippen molar-refractivity contribution in [3.05, 3.63) is 90.4 Å². The van der Waals surface area contributed by atoms with Gasteiger partial charge in [0.2, 0.25) is 0 Å². The molecule has 1 fully saturated rings. The second kappa shape index (κ2) is 8.95. The van der Waals surface area contributed by atoms with Crippen LogP contribution in [0.4, 0.5) is 11.4 Å². The molecule has 172 valence electrons. The molecule has 6 rings (SSSR count). The Morgan fingerprint density at radius 1 is 0.941 bits per heavy atom. The van der Waals surface area contributed by atoms with Gasteiger partial charge in [0.25, 0.3) is 5.91 Å². The molecular formula is C28H29N5O. The first-order valence-electron chi connectivity index (χ1n) is 12.1. The number of piperazine rings is 1. The molecule has 1 unspecified atom stereocenters. The molecule has 1 N–H and O–H groups in total. The lowest BCUT2D eigenvalue weighted by atomic mass is 9.94. The van der Waals surface area contributed by atoms with E-state index in [0.717, 1.165) is 51.3 Å². The quantitative estimate of drug-likeness (QED) is 0.501. The van der Waals surface area contributed by atoms with Crippen molar-refractivity contribution < 1.29 is 4.79 Å². The van der Waals surface area contributed by atoms with Crippen molar-refractivity contribution in [1.29, 1.82) is 0 Å². The number of aromatic amines is 1. The zero-order valence-electron chi connectivity index (χ0n) is 19.2. The summed E-state index contributed by atoms with van der Waals surface area (Å²) in [5, 5.41) is 1.29. The molecule has 2 aliphatic rings. The molecule has 0 saturated carbocycles. The van der Waals surface area contributed by atoms with Crippen LogP contribution < -0.4 is 9.80 Å². The van der Waals surface area contributed by atoms with E-state index in [1.54, 1.807) is 12.4 Å². The van der Waals surface area contributed by atoms with Crippen LogP contribution in [0.5, 0.6) is 0 Å². The molecule has 1 saturated heterocycles. The Kier molecular flexibility index (Phi) is 5.51. The summed E-state index contributed by atoms with van der Waals surface area (Å²) in [6.45, 7) is 4.86. The third kappa shape index (κ3) is 3.84. The molecule has 1 atom stereocenters. The van der Waals surface area contributed by atoms with Gasteiger partial charge in [0.1, 0.15) is 0 Å². The number of amides is 1. The Bertz CT molecular complexity index is 1290. The first-order valence-corrected chi connectivity index (χ1v) is 12.1. The van der Waals surface area contributed by atoms with Crippen LogP contribution in [0.1, 0.15) is 22.3 Å². The highest BCUT2D eigenvalue weighted by molar-refractivity contribution is 6.07. The monoisotopic (exact) mass is 451 g/mol. The minimum atomic E-state index is 0.0445. The van der Waals surface area contributed by atoms with Gasteiger partial charge in [-0.2, -0.15) is 0 Å². The summed E-state index contributed by atoms with van der Waals surface area (Å²) in [6.07, 6.45) is 7.39. The third-order valence-electron chi connectivity index (χ3n) is 7.24. The molecular weight excluding hydrogens is 422 g/mol. The summed E-state index contributed by atoms with van der Waals surface area (Å²) in [7, 11) is 0. The number of aromatic nitrogens is 2. The smallest absolute Gasteiger partial charge is 0.260 e. The Morgan fingerprint density at radius 2 is 1.79 bits per heavy atom. The second-order valence-corrected chi connectivity index (χ2v) is 9.24. The summed E-state index contributed by atoms with van der Waals surface area (Å²) in [6, 6.07) is 20.8. The molecule has 6 nitrogen and oxygen atoms in total. The van der Waals surface area contributed by atoms with Crippen molar-refractivity contribution in [3.63, 3.8) is 0 Å². The number of para-hydroxylation sites is 1. The van der Waals surface area contributed by atoms with E-state index >= 15 is 0 Å². The van der Waals surface area contributed by atoms with Gasteiger partial charge in [0.05, 0.1) is 11.6 Å². The first-order chi connectivity index (χ1) is 16.8. The number of benzene rings is 2. The lowest BCUT2D eigenvalue weighted by molar-refractivity contribution is 0.0962. The van der Waals surface area contributed by atoms with Gasteiger partial charge < -0.3 is 14.8 Å². The Morgan fingerprint density at radius 3 is 2.65 bits per heavy atom. The highest BCUT2D eigenvalue weighted by Crippen LogP contribution is 2.33. The molecule has 0 radical (unpaired) electrons. The van der Waals surface area contributed by atoms with Crippen LogP contribution in [-0.2, 0) is 6.42 Å². The van der Waals surface area contributed by atoms with Gasteiger partial charge in [0.15, 0.2) is 0 Å². The summed E-state index contributed by atoms with van der Waals surface area (Å²) in [5.41, 5.74) is 5.43. The minimum absolute atomic E-state index is 0.0445. The molecule has 1 amide bonds. The largest absolute Gasteiger partial charge is 0.368 e. The van der Waals surface area contributed by atoms with Crippen molar-refractivity contribution in [2.24, 2.45) is 0 Å². The predicted octanol–water partition coefficient (Wildman–Crippen LogP) is 4.35. The summed E-state index contributed by atoms with van der Waals surface area (Å²) in [5.74, 6) is 0.0445. The van der Waals surface area contributed by atoms with Gasteiger partial charge in [0, 0.05) is 73.6 Å². The van der Waals surface area contributed by atoms with Crippen LogP contribution in [0.15, 0.2) is 79.3 Å². The highest BCUT2D eigenvalue weighted by Gasteiger charge is 2.33. The number of hydrogen-bond acceptors (Lipinski definition) is 4. The van der Waals surface area contributed by atoms with Crippen LogP contribution in [0.2, 0.25) is 0 Å². The highest BCUT2D eigenvalue weighted by atomic mass is 16.2. The average Bonchev–Trinajstić information content (AvgIpc) is 3.38. The maximum Gasteiger partial charge on any atom is 0.260 e. The fourth-order valence-corrected chi connectivity index (χ4v) is 5.50. The number of carbonyl (C=O) groups is 1. The van der Waals surface area contributed by atoms with Crippen LogP contribution in [-0.4, -0.2) is 59.5 Å². The third-order valence-corrected chi connectivity index (χ3v) is 7.24. The van der Waals surface area contributed by atoms with Crippen LogP contribution >= 0.6 is 0 Å². The zero-order valence-corrected chi connectivity index (χ0v) is 19.2. The van der Waals surface area contributed by atoms with Crippen LogP contribution in [0.25, 0.3) is 10.9 Å². The van der Waals surface area contributed by atoms with Crippen LogP contribution in [0, 0.1) is 0 Å². The SMILES string of the molecule is O=C(c1cccnc1)N1c2ccccc2CCC1CN1CCN(c2cccc3[nH]ccc23)CC1. The lowest BCUT2D eigenvalue weighted by Gasteiger charge is -2.42. The molecule has 0 aliphatic carbocycles. The lowest BCUT2D eigenvalue weighted by Crippen LogP contribution is -2.54. The zero-order chi connectivity index (χ0) is 22.9. The van der Waals surface area contributed by atoms with E-state index in [2.05, 4.69) is 62.2 Å². The van der Waals surface area contributed by atoms with Gasteiger partial charge in [-0.3, -0.25) is 14.7 Å². The number of aryl methyl sites for hydroxylation is 1. The maximum absolute atomic E-state index is 13.6. The van der Waals surface area contributed by atoms with Crippen LogP contribution in [0.3, 0.4) is 0 Å². The normalized spacial score (nSPS) is 18.8. The first kappa shape index (κ1) is 20.9. The fourth-order valence-electron chi connectivity index (χ4n) is 5.50. The molecule has 0 spiro atoms. The van der Waals surface area contributed by atoms with Crippen molar-refractivity contribution in [2.75, 3.05) is 42.5 Å². The summed E-state index contributed by atoms with van der Waals surface area (Å²) < 4.78 is 0. The average molecular weight is 452 g/mol. The summed E-state index contributed by atoms with van der Waals surface area (Å²) in [4.78, 5) is 28.2. The molecule has 0 bridgehead atoms. The number of H-pyrrole nitrogens is 1. The molecule has 6 heteroatoms. The minimum Gasteiger partial charge on any atom is -0.368 e. The summed E-state index contributed by atoms with van der Waals surface area (Å²) >= 11 is 0. The molecule has 4 aromatic rings. The topological polar surface area (TPSA) is 55.5 Å². The number of hydrogen-bond donors (Lipinski definition) is 1. The van der Waals surface area contributed by atoms with Crippen molar-refractivity contribution in [3.8, 4) is 0 Å². The number of pyridine rings is 1.